The predicted octanol–water partition coefficient (Wildman–Crippen LogP) is 3.95. The molecule has 1 aliphatic carbocycles. The quantitative estimate of drug-likeness (QED) is 0.777. The number of phenols is 2. The van der Waals surface area contributed by atoms with Crippen molar-refractivity contribution in [2.75, 3.05) is 0 Å². The fourth-order valence-corrected chi connectivity index (χ4v) is 2.76. The second-order valence-electron chi connectivity index (χ2n) is 5.60. The molecule has 0 radical (unpaired) electrons. The molecule has 1 aliphatic rings. The van der Waals surface area contributed by atoms with Crippen molar-refractivity contribution < 1.29 is 10.2 Å². The zero-order chi connectivity index (χ0) is 12.4. The molecule has 1 atom stereocenters. The van der Waals surface area contributed by atoms with Crippen molar-refractivity contribution in [2.24, 2.45) is 5.92 Å². The van der Waals surface area contributed by atoms with Gasteiger partial charge in [-0.1, -0.05) is 20.3 Å². The highest BCUT2D eigenvalue weighted by Crippen LogP contribution is 2.40. The monoisotopic (exact) mass is 234 g/mol. The van der Waals surface area contributed by atoms with E-state index in [1.54, 1.807) is 12.1 Å². The lowest BCUT2D eigenvalue weighted by atomic mass is 9.79. The largest absolute Gasteiger partial charge is 0.504 e. The van der Waals surface area contributed by atoms with Crippen molar-refractivity contribution >= 4 is 0 Å². The lowest BCUT2D eigenvalue weighted by Crippen LogP contribution is -2.10. The van der Waals surface area contributed by atoms with Gasteiger partial charge in [0.15, 0.2) is 11.5 Å². The van der Waals surface area contributed by atoms with Gasteiger partial charge in [-0.15, -0.1) is 0 Å². The van der Waals surface area contributed by atoms with E-state index in [2.05, 4.69) is 13.8 Å². The van der Waals surface area contributed by atoms with E-state index in [0.29, 0.717) is 5.92 Å². The second kappa shape index (κ2) is 4.99. The Morgan fingerprint density at radius 3 is 2.65 bits per heavy atom. The molecular weight excluding hydrogens is 212 g/mol. The fraction of sp³-hybridized carbons (Fsp3) is 0.600. The number of phenolic OH excluding ortho intramolecular Hbond substituents is 2. The van der Waals surface area contributed by atoms with Crippen LogP contribution in [0.2, 0.25) is 0 Å². The molecule has 0 saturated carbocycles. The molecular formula is C15H22O2. The molecule has 1 aromatic carbocycles. The molecule has 0 saturated heterocycles. The first-order valence-electron chi connectivity index (χ1n) is 6.62. The van der Waals surface area contributed by atoms with Crippen molar-refractivity contribution in [2.45, 2.75) is 51.9 Å². The molecule has 0 amide bonds. The minimum atomic E-state index is 0.0215. The third-order valence-corrected chi connectivity index (χ3v) is 3.77. The maximum atomic E-state index is 9.62. The minimum Gasteiger partial charge on any atom is -0.504 e. The molecule has 0 bridgehead atoms. The Balaban J connectivity index is 2.21. The van der Waals surface area contributed by atoms with E-state index in [-0.39, 0.29) is 11.5 Å². The number of hydrogen-bond donors (Lipinski definition) is 2. The van der Waals surface area contributed by atoms with E-state index in [0.717, 1.165) is 12.3 Å². The summed E-state index contributed by atoms with van der Waals surface area (Å²) >= 11 is 0. The van der Waals surface area contributed by atoms with Crippen molar-refractivity contribution in [3.05, 3.63) is 23.3 Å². The highest BCUT2D eigenvalue weighted by molar-refractivity contribution is 5.47. The van der Waals surface area contributed by atoms with Crippen LogP contribution in [0.15, 0.2) is 12.1 Å². The molecule has 2 rings (SSSR count). The normalized spacial score (nSPS) is 19.4. The van der Waals surface area contributed by atoms with E-state index in [9.17, 15) is 10.2 Å². The van der Waals surface area contributed by atoms with E-state index < -0.39 is 0 Å². The van der Waals surface area contributed by atoms with E-state index in [4.69, 9.17) is 0 Å². The van der Waals surface area contributed by atoms with Crippen molar-refractivity contribution in [1.29, 1.82) is 0 Å². The number of rotatable bonds is 3. The molecule has 0 aromatic heterocycles. The van der Waals surface area contributed by atoms with Crippen molar-refractivity contribution in [3.63, 3.8) is 0 Å². The standard InChI is InChI=1S/C15H22O2/c1-10(2)6-7-11-4-3-5-12-8-14(16)15(17)9-13(11)12/h8-11,16-17H,3-7H2,1-2H3. The van der Waals surface area contributed by atoms with E-state index in [1.165, 1.54) is 36.8 Å². The highest BCUT2D eigenvalue weighted by Gasteiger charge is 2.22. The molecule has 0 heterocycles. The Morgan fingerprint density at radius 1 is 1.24 bits per heavy atom. The van der Waals surface area contributed by atoms with Gasteiger partial charge in [0.2, 0.25) is 0 Å². The van der Waals surface area contributed by atoms with Crippen LogP contribution in [-0.2, 0) is 6.42 Å². The average molecular weight is 234 g/mol. The van der Waals surface area contributed by atoms with Crippen LogP contribution in [0.4, 0.5) is 0 Å². The van der Waals surface area contributed by atoms with Gasteiger partial charge < -0.3 is 10.2 Å². The molecule has 0 spiro atoms. The van der Waals surface area contributed by atoms with Crippen molar-refractivity contribution in [1.82, 2.24) is 0 Å². The van der Waals surface area contributed by atoms with Gasteiger partial charge in [0.1, 0.15) is 0 Å². The summed E-state index contributed by atoms with van der Waals surface area (Å²) in [6.07, 6.45) is 5.85. The van der Waals surface area contributed by atoms with Crippen LogP contribution in [-0.4, -0.2) is 10.2 Å². The van der Waals surface area contributed by atoms with E-state index in [1.807, 2.05) is 0 Å². The summed E-state index contributed by atoms with van der Waals surface area (Å²) in [7, 11) is 0. The van der Waals surface area contributed by atoms with Crippen LogP contribution < -0.4 is 0 Å². The Bertz CT molecular complexity index is 396. The molecule has 1 aromatic rings. The van der Waals surface area contributed by atoms with Gasteiger partial charge in [-0.3, -0.25) is 0 Å². The average Bonchev–Trinajstić information content (AvgIpc) is 2.28. The summed E-state index contributed by atoms with van der Waals surface area (Å²) in [6, 6.07) is 3.51. The Kier molecular flexibility index (Phi) is 3.60. The van der Waals surface area contributed by atoms with Crippen LogP contribution in [0, 0.1) is 5.92 Å². The van der Waals surface area contributed by atoms with Crippen molar-refractivity contribution in [3.8, 4) is 11.5 Å². The number of aryl methyl sites for hydroxylation is 1. The van der Waals surface area contributed by atoms with Gasteiger partial charge in [-0.05, 0) is 60.8 Å². The lowest BCUT2D eigenvalue weighted by Gasteiger charge is -2.26. The molecule has 0 aliphatic heterocycles. The fourth-order valence-electron chi connectivity index (χ4n) is 2.76. The first-order valence-corrected chi connectivity index (χ1v) is 6.62. The third-order valence-electron chi connectivity index (χ3n) is 3.77. The minimum absolute atomic E-state index is 0.0215. The molecule has 2 N–H and O–H groups in total. The Labute approximate surface area is 103 Å². The molecule has 94 valence electrons. The van der Waals surface area contributed by atoms with Crippen LogP contribution in [0.25, 0.3) is 0 Å². The van der Waals surface area contributed by atoms with Crippen LogP contribution >= 0.6 is 0 Å². The number of hydrogen-bond acceptors (Lipinski definition) is 2. The Hall–Kier alpha value is -1.18. The van der Waals surface area contributed by atoms with Gasteiger partial charge in [0.25, 0.3) is 0 Å². The molecule has 0 fully saturated rings. The van der Waals surface area contributed by atoms with Gasteiger partial charge in [0.05, 0.1) is 0 Å². The highest BCUT2D eigenvalue weighted by atomic mass is 16.3. The molecule has 17 heavy (non-hydrogen) atoms. The maximum Gasteiger partial charge on any atom is 0.157 e. The van der Waals surface area contributed by atoms with Crippen LogP contribution in [0.3, 0.4) is 0 Å². The smallest absolute Gasteiger partial charge is 0.157 e. The number of benzene rings is 1. The first-order chi connectivity index (χ1) is 8.08. The third kappa shape index (κ3) is 2.74. The van der Waals surface area contributed by atoms with Crippen LogP contribution in [0.1, 0.15) is 56.6 Å². The van der Waals surface area contributed by atoms with Gasteiger partial charge in [-0.25, -0.2) is 0 Å². The van der Waals surface area contributed by atoms with Gasteiger partial charge in [-0.2, -0.15) is 0 Å². The maximum absolute atomic E-state index is 9.62. The van der Waals surface area contributed by atoms with Gasteiger partial charge >= 0.3 is 0 Å². The Morgan fingerprint density at radius 2 is 1.94 bits per heavy atom. The molecule has 2 heteroatoms. The summed E-state index contributed by atoms with van der Waals surface area (Å²) in [5, 5.41) is 19.2. The predicted molar refractivity (Wildman–Crippen MR) is 69.5 cm³/mol. The zero-order valence-electron chi connectivity index (χ0n) is 10.7. The molecule has 1 unspecified atom stereocenters. The number of aromatic hydroxyl groups is 2. The topological polar surface area (TPSA) is 40.5 Å². The van der Waals surface area contributed by atoms with Gasteiger partial charge in [0, 0.05) is 0 Å². The summed E-state index contributed by atoms with van der Waals surface area (Å²) in [4.78, 5) is 0. The SMILES string of the molecule is CC(C)CCC1CCCc2cc(O)c(O)cc21. The lowest BCUT2D eigenvalue weighted by molar-refractivity contribution is 0.397. The summed E-state index contributed by atoms with van der Waals surface area (Å²) < 4.78 is 0. The summed E-state index contributed by atoms with van der Waals surface area (Å²) in [5.74, 6) is 1.34. The first kappa shape index (κ1) is 12.3. The second-order valence-corrected chi connectivity index (χ2v) is 5.60. The number of fused-ring (bicyclic) bond motifs is 1. The molecule has 2 nitrogen and oxygen atoms in total. The van der Waals surface area contributed by atoms with E-state index >= 15 is 0 Å². The summed E-state index contributed by atoms with van der Waals surface area (Å²) in [6.45, 7) is 4.50. The summed E-state index contributed by atoms with van der Waals surface area (Å²) in [5.41, 5.74) is 2.48. The van der Waals surface area contributed by atoms with Crippen LogP contribution in [0.5, 0.6) is 11.5 Å². The zero-order valence-corrected chi connectivity index (χ0v) is 10.7.